The average Bonchev–Trinajstić information content (AvgIpc) is 2.37. The molecule has 0 bridgehead atoms. The van der Waals surface area contributed by atoms with E-state index in [0.29, 0.717) is 21.6 Å². The number of aromatic nitrogens is 3. The first kappa shape index (κ1) is 14.3. The maximum absolute atomic E-state index is 11.3. The van der Waals surface area contributed by atoms with E-state index in [9.17, 15) is 9.90 Å². The minimum Gasteiger partial charge on any atom is -0.481 e. The number of ether oxygens (including phenoxy) is 1. The maximum atomic E-state index is 11.3. The molecule has 0 aliphatic heterocycles. The highest BCUT2D eigenvalue weighted by molar-refractivity contribution is 7.99. The molecular weight excluding hydrogens is 278 g/mol. The number of pyridine rings is 1. The Labute approximate surface area is 120 Å². The van der Waals surface area contributed by atoms with Crippen molar-refractivity contribution in [3.63, 3.8) is 0 Å². The summed E-state index contributed by atoms with van der Waals surface area (Å²) in [5.41, 5.74) is 1.58. The van der Waals surface area contributed by atoms with Gasteiger partial charge in [-0.2, -0.15) is 4.98 Å². The van der Waals surface area contributed by atoms with Gasteiger partial charge in [-0.25, -0.2) is 14.8 Å². The third kappa shape index (κ3) is 3.05. The number of aryl methyl sites for hydroxylation is 2. The molecule has 20 heavy (non-hydrogen) atoms. The predicted molar refractivity (Wildman–Crippen MR) is 73.4 cm³/mol. The lowest BCUT2D eigenvalue weighted by Crippen LogP contribution is -2.05. The number of rotatable bonds is 4. The summed E-state index contributed by atoms with van der Waals surface area (Å²) in [5, 5.41) is 10.1. The van der Waals surface area contributed by atoms with Gasteiger partial charge in [-0.1, -0.05) is 0 Å². The Morgan fingerprint density at radius 3 is 2.75 bits per heavy atom. The van der Waals surface area contributed by atoms with Gasteiger partial charge in [0.05, 0.1) is 12.7 Å². The van der Waals surface area contributed by atoms with Crippen molar-refractivity contribution in [3.8, 4) is 5.88 Å². The molecule has 0 spiro atoms. The summed E-state index contributed by atoms with van der Waals surface area (Å²) >= 11 is 1.11. The summed E-state index contributed by atoms with van der Waals surface area (Å²) in [6.07, 6.45) is 1.55. The molecule has 6 nitrogen and oxygen atoms in total. The zero-order valence-corrected chi connectivity index (χ0v) is 12.1. The fourth-order valence-electron chi connectivity index (χ4n) is 1.71. The van der Waals surface area contributed by atoms with Crippen LogP contribution in [0.3, 0.4) is 0 Å². The van der Waals surface area contributed by atoms with E-state index >= 15 is 0 Å². The highest BCUT2D eigenvalue weighted by atomic mass is 32.2. The van der Waals surface area contributed by atoms with Crippen LogP contribution in [0.5, 0.6) is 5.88 Å². The van der Waals surface area contributed by atoms with Gasteiger partial charge in [-0.15, -0.1) is 0 Å². The summed E-state index contributed by atoms with van der Waals surface area (Å²) in [6.45, 7) is 3.56. The molecule has 2 heterocycles. The van der Waals surface area contributed by atoms with Crippen molar-refractivity contribution in [1.82, 2.24) is 15.0 Å². The Balaban J connectivity index is 2.44. The van der Waals surface area contributed by atoms with Crippen molar-refractivity contribution < 1.29 is 14.6 Å². The molecule has 0 saturated heterocycles. The average molecular weight is 291 g/mol. The van der Waals surface area contributed by atoms with Crippen LogP contribution in [0, 0.1) is 13.8 Å². The van der Waals surface area contributed by atoms with Gasteiger partial charge in [0.25, 0.3) is 0 Å². The van der Waals surface area contributed by atoms with Crippen molar-refractivity contribution in [2.75, 3.05) is 7.11 Å². The second-order valence-corrected chi connectivity index (χ2v) is 5.01. The molecule has 2 aromatic heterocycles. The minimum absolute atomic E-state index is 0.173. The molecule has 7 heteroatoms. The van der Waals surface area contributed by atoms with E-state index < -0.39 is 5.97 Å². The van der Waals surface area contributed by atoms with Gasteiger partial charge in [0, 0.05) is 18.0 Å². The molecule has 0 fully saturated rings. The molecule has 0 aliphatic rings. The Morgan fingerprint density at radius 1 is 1.35 bits per heavy atom. The van der Waals surface area contributed by atoms with Crippen molar-refractivity contribution in [1.29, 1.82) is 0 Å². The number of carboxylic acids is 1. The molecule has 2 rings (SSSR count). The quantitative estimate of drug-likeness (QED) is 0.865. The molecule has 0 unspecified atom stereocenters. The van der Waals surface area contributed by atoms with Gasteiger partial charge < -0.3 is 9.84 Å². The zero-order valence-electron chi connectivity index (χ0n) is 11.2. The van der Waals surface area contributed by atoms with Crippen molar-refractivity contribution in [2.45, 2.75) is 24.0 Å². The summed E-state index contributed by atoms with van der Waals surface area (Å²) in [7, 11) is 1.51. The number of carboxylic acid groups (broad SMARTS) is 1. The summed E-state index contributed by atoms with van der Waals surface area (Å²) in [5.74, 6) is -0.593. The molecule has 0 saturated carbocycles. The number of aromatic carboxylic acids is 1. The number of hydrogen-bond donors (Lipinski definition) is 1. The highest BCUT2D eigenvalue weighted by Crippen LogP contribution is 2.29. The second-order valence-electron chi connectivity index (χ2n) is 4.05. The number of methoxy groups -OCH3 is 1. The van der Waals surface area contributed by atoms with Crippen LogP contribution in [0.4, 0.5) is 0 Å². The second kappa shape index (κ2) is 5.87. The molecule has 104 valence electrons. The lowest BCUT2D eigenvalue weighted by atomic mass is 10.1. The molecule has 0 aromatic carbocycles. The lowest BCUT2D eigenvalue weighted by molar-refractivity contribution is 0.0691. The van der Waals surface area contributed by atoms with Gasteiger partial charge in [0.2, 0.25) is 5.88 Å². The Morgan fingerprint density at radius 2 is 2.10 bits per heavy atom. The largest absolute Gasteiger partial charge is 0.481 e. The van der Waals surface area contributed by atoms with Crippen LogP contribution in [-0.4, -0.2) is 33.1 Å². The Bertz CT molecular complexity index is 661. The van der Waals surface area contributed by atoms with E-state index in [1.165, 1.54) is 7.11 Å². The van der Waals surface area contributed by atoms with Crippen molar-refractivity contribution in [2.24, 2.45) is 0 Å². The van der Waals surface area contributed by atoms with Crippen molar-refractivity contribution >= 4 is 17.7 Å². The lowest BCUT2D eigenvalue weighted by Gasteiger charge is -2.08. The standard InChI is InChI=1S/C13H13N3O3S/c1-7-6-8(2)15-11(10(7)12(17)18)20-13-14-5-4-9(16-13)19-3/h4-6H,1-3H3,(H,17,18). The third-order valence-electron chi connectivity index (χ3n) is 2.53. The number of hydrogen-bond acceptors (Lipinski definition) is 6. The van der Waals surface area contributed by atoms with Crippen LogP contribution in [0.25, 0.3) is 0 Å². The van der Waals surface area contributed by atoms with E-state index in [1.54, 1.807) is 25.3 Å². The van der Waals surface area contributed by atoms with Crippen LogP contribution in [0.2, 0.25) is 0 Å². The SMILES string of the molecule is COc1ccnc(Sc2nc(C)cc(C)c2C(=O)O)n1. The van der Waals surface area contributed by atoms with Gasteiger partial charge in [0.15, 0.2) is 5.16 Å². The van der Waals surface area contributed by atoms with Gasteiger partial charge in [-0.3, -0.25) is 0 Å². The Kier molecular flexibility index (Phi) is 4.19. The first-order valence-electron chi connectivity index (χ1n) is 5.77. The van der Waals surface area contributed by atoms with E-state index in [2.05, 4.69) is 15.0 Å². The molecule has 1 N–H and O–H groups in total. The monoisotopic (exact) mass is 291 g/mol. The third-order valence-corrected chi connectivity index (χ3v) is 3.40. The zero-order chi connectivity index (χ0) is 14.7. The smallest absolute Gasteiger partial charge is 0.338 e. The van der Waals surface area contributed by atoms with E-state index in [1.807, 2.05) is 6.92 Å². The van der Waals surface area contributed by atoms with Crippen LogP contribution in [0.1, 0.15) is 21.6 Å². The summed E-state index contributed by atoms with van der Waals surface area (Å²) < 4.78 is 5.02. The van der Waals surface area contributed by atoms with Crippen LogP contribution in [-0.2, 0) is 0 Å². The van der Waals surface area contributed by atoms with Crippen LogP contribution < -0.4 is 4.74 Å². The highest BCUT2D eigenvalue weighted by Gasteiger charge is 2.18. The molecule has 0 aliphatic carbocycles. The topological polar surface area (TPSA) is 85.2 Å². The first-order valence-corrected chi connectivity index (χ1v) is 6.59. The predicted octanol–water partition coefficient (Wildman–Crippen LogP) is 2.35. The Hall–Kier alpha value is -2.15. The normalized spacial score (nSPS) is 10.3. The number of nitrogens with zero attached hydrogens (tertiary/aromatic N) is 3. The molecule has 0 radical (unpaired) electrons. The van der Waals surface area contributed by atoms with Gasteiger partial charge in [0.1, 0.15) is 5.03 Å². The molecular formula is C13H13N3O3S. The summed E-state index contributed by atoms with van der Waals surface area (Å²) in [6, 6.07) is 3.36. The van der Waals surface area contributed by atoms with E-state index in [0.717, 1.165) is 17.5 Å². The minimum atomic E-state index is -1.01. The maximum Gasteiger partial charge on any atom is 0.338 e. The number of carbonyl (C=O) groups is 1. The molecule has 0 atom stereocenters. The van der Waals surface area contributed by atoms with Crippen LogP contribution in [0.15, 0.2) is 28.5 Å². The molecule has 0 amide bonds. The van der Waals surface area contributed by atoms with E-state index in [4.69, 9.17) is 4.74 Å². The van der Waals surface area contributed by atoms with E-state index in [-0.39, 0.29) is 5.56 Å². The van der Waals surface area contributed by atoms with Gasteiger partial charge in [-0.05, 0) is 37.2 Å². The fourth-order valence-corrected chi connectivity index (χ4v) is 2.67. The van der Waals surface area contributed by atoms with Crippen LogP contribution >= 0.6 is 11.8 Å². The fraction of sp³-hybridized carbons (Fsp3) is 0.231. The van der Waals surface area contributed by atoms with Gasteiger partial charge >= 0.3 is 5.97 Å². The molecule has 2 aromatic rings. The van der Waals surface area contributed by atoms with Crippen molar-refractivity contribution in [3.05, 3.63) is 35.2 Å². The summed E-state index contributed by atoms with van der Waals surface area (Å²) in [4.78, 5) is 23.8. The first-order chi connectivity index (χ1) is 9.51.